The zero-order chi connectivity index (χ0) is 18.1. The summed E-state index contributed by atoms with van der Waals surface area (Å²) in [6.45, 7) is 0. The minimum absolute atomic E-state index is 0.131. The summed E-state index contributed by atoms with van der Waals surface area (Å²) >= 11 is 1.65. The van der Waals surface area contributed by atoms with E-state index in [0.717, 1.165) is 16.0 Å². The van der Waals surface area contributed by atoms with E-state index in [4.69, 9.17) is 0 Å². The monoisotopic (exact) mass is 363 g/mol. The second-order valence-electron chi connectivity index (χ2n) is 6.12. The van der Waals surface area contributed by atoms with Gasteiger partial charge in [0.1, 0.15) is 11.6 Å². The third-order valence-electron chi connectivity index (χ3n) is 4.52. The fraction of sp³-hybridized carbons (Fsp3) is 0.150. The summed E-state index contributed by atoms with van der Waals surface area (Å²) in [6.07, 6.45) is 2.25. The largest absolute Gasteiger partial charge is 0.310 e. The van der Waals surface area contributed by atoms with Gasteiger partial charge in [-0.2, -0.15) is 0 Å². The van der Waals surface area contributed by atoms with Gasteiger partial charge in [0, 0.05) is 22.8 Å². The number of nitrogens with zero attached hydrogens (tertiary/aromatic N) is 1. The average molecular weight is 363 g/mol. The topological polar surface area (TPSA) is 74.8 Å². The van der Waals surface area contributed by atoms with Crippen LogP contribution in [-0.2, 0) is 4.79 Å². The molecular weight excluding hydrogens is 346 g/mol. The smallest absolute Gasteiger partial charge is 0.257 e. The molecule has 1 aliphatic heterocycles. The van der Waals surface area contributed by atoms with Gasteiger partial charge in [-0.05, 0) is 24.0 Å². The first kappa shape index (κ1) is 16.6. The van der Waals surface area contributed by atoms with Gasteiger partial charge in [-0.3, -0.25) is 9.59 Å². The van der Waals surface area contributed by atoms with Gasteiger partial charge in [-0.15, -0.1) is 11.8 Å². The van der Waals surface area contributed by atoms with Crippen LogP contribution in [0.3, 0.4) is 0 Å². The molecule has 0 saturated heterocycles. The Morgan fingerprint density at radius 3 is 2.46 bits per heavy atom. The van der Waals surface area contributed by atoms with Gasteiger partial charge in [0.25, 0.3) is 5.56 Å². The van der Waals surface area contributed by atoms with Crippen LogP contribution >= 0.6 is 11.8 Å². The van der Waals surface area contributed by atoms with Crippen LogP contribution in [-0.4, -0.2) is 22.1 Å². The Balaban J connectivity index is 1.82. The number of carbonyl (C=O) groups is 1. The molecule has 2 heterocycles. The molecule has 0 bridgehead atoms. The molecule has 0 radical (unpaired) electrons. The molecule has 5 nitrogen and oxygen atoms in total. The van der Waals surface area contributed by atoms with Gasteiger partial charge >= 0.3 is 0 Å². The molecule has 130 valence electrons. The van der Waals surface area contributed by atoms with E-state index in [9.17, 15) is 9.59 Å². The molecule has 0 spiro atoms. The van der Waals surface area contributed by atoms with Crippen LogP contribution < -0.4 is 10.9 Å². The highest BCUT2D eigenvalue weighted by Gasteiger charge is 2.30. The van der Waals surface area contributed by atoms with Crippen molar-refractivity contribution >= 4 is 23.5 Å². The maximum absolute atomic E-state index is 12.8. The Morgan fingerprint density at radius 2 is 1.77 bits per heavy atom. The SMILES string of the molecule is CSc1ccc(C2CC(=O)Nc3nc(-c4ccccc4)[nH]c(=O)c32)cc1. The zero-order valence-corrected chi connectivity index (χ0v) is 15.0. The van der Waals surface area contributed by atoms with E-state index < -0.39 is 0 Å². The number of thioether (sulfide) groups is 1. The normalized spacial score (nSPS) is 16.0. The predicted octanol–water partition coefficient (Wildman–Crippen LogP) is 3.63. The lowest BCUT2D eigenvalue weighted by Gasteiger charge is -2.24. The Labute approximate surface area is 154 Å². The van der Waals surface area contributed by atoms with Crippen molar-refractivity contribution in [3.05, 3.63) is 76.1 Å². The molecule has 0 aliphatic carbocycles. The standard InChI is InChI=1S/C20H17N3O2S/c1-26-14-9-7-12(8-10-14)15-11-16(24)21-19-17(15)20(25)23-18(22-19)13-5-3-2-4-6-13/h2-10,15H,11H2,1H3,(H2,21,22,23,24,25). The van der Waals surface area contributed by atoms with E-state index in [0.29, 0.717) is 17.2 Å². The van der Waals surface area contributed by atoms with E-state index in [1.54, 1.807) is 11.8 Å². The number of aromatic amines is 1. The Morgan fingerprint density at radius 1 is 1.04 bits per heavy atom. The lowest BCUT2D eigenvalue weighted by Crippen LogP contribution is -2.31. The fourth-order valence-corrected chi connectivity index (χ4v) is 3.63. The fourth-order valence-electron chi connectivity index (χ4n) is 3.22. The minimum Gasteiger partial charge on any atom is -0.310 e. The molecule has 1 unspecified atom stereocenters. The highest BCUT2D eigenvalue weighted by Crippen LogP contribution is 2.35. The Bertz CT molecular complexity index is 1010. The van der Waals surface area contributed by atoms with Crippen molar-refractivity contribution in [2.75, 3.05) is 11.6 Å². The number of hydrogen-bond donors (Lipinski definition) is 2. The number of H-pyrrole nitrogens is 1. The van der Waals surface area contributed by atoms with Crippen LogP contribution in [0.4, 0.5) is 5.82 Å². The molecule has 6 heteroatoms. The van der Waals surface area contributed by atoms with Crippen molar-refractivity contribution in [2.24, 2.45) is 0 Å². The minimum atomic E-state index is -0.296. The summed E-state index contributed by atoms with van der Waals surface area (Å²) < 4.78 is 0. The summed E-state index contributed by atoms with van der Waals surface area (Å²) in [5.74, 6) is 0.375. The van der Waals surface area contributed by atoms with Crippen molar-refractivity contribution in [3.63, 3.8) is 0 Å². The maximum atomic E-state index is 12.8. The lowest BCUT2D eigenvalue weighted by molar-refractivity contribution is -0.116. The summed E-state index contributed by atoms with van der Waals surface area (Å²) in [7, 11) is 0. The summed E-state index contributed by atoms with van der Waals surface area (Å²) in [5.41, 5.74) is 2.04. The first-order chi connectivity index (χ1) is 12.7. The third-order valence-corrected chi connectivity index (χ3v) is 5.26. The van der Waals surface area contributed by atoms with Gasteiger partial charge in [-0.25, -0.2) is 4.98 Å². The molecule has 1 atom stereocenters. The van der Waals surface area contributed by atoms with Crippen LogP contribution in [0.25, 0.3) is 11.4 Å². The van der Waals surface area contributed by atoms with Crippen molar-refractivity contribution in [3.8, 4) is 11.4 Å². The molecule has 2 N–H and O–H groups in total. The number of aromatic nitrogens is 2. The van der Waals surface area contributed by atoms with E-state index in [2.05, 4.69) is 15.3 Å². The van der Waals surface area contributed by atoms with E-state index >= 15 is 0 Å². The molecule has 1 aromatic heterocycles. The first-order valence-corrected chi connectivity index (χ1v) is 9.51. The second kappa shape index (κ2) is 6.80. The molecule has 0 saturated carbocycles. The predicted molar refractivity (Wildman–Crippen MR) is 104 cm³/mol. The molecular formula is C20H17N3O2S. The molecule has 2 aromatic carbocycles. The summed E-state index contributed by atoms with van der Waals surface area (Å²) in [5, 5.41) is 2.76. The highest BCUT2D eigenvalue weighted by atomic mass is 32.2. The van der Waals surface area contributed by atoms with Crippen LogP contribution in [0.1, 0.15) is 23.5 Å². The number of amides is 1. The molecule has 3 aromatic rings. The highest BCUT2D eigenvalue weighted by molar-refractivity contribution is 7.98. The average Bonchev–Trinajstić information content (AvgIpc) is 2.67. The zero-order valence-electron chi connectivity index (χ0n) is 14.2. The number of nitrogens with one attached hydrogen (secondary N) is 2. The number of hydrogen-bond acceptors (Lipinski definition) is 4. The van der Waals surface area contributed by atoms with Gasteiger partial charge in [0.15, 0.2) is 0 Å². The van der Waals surface area contributed by atoms with Gasteiger partial charge < -0.3 is 10.3 Å². The van der Waals surface area contributed by atoms with E-state index in [-0.39, 0.29) is 23.8 Å². The van der Waals surface area contributed by atoms with Crippen molar-refractivity contribution in [1.82, 2.24) is 9.97 Å². The second-order valence-corrected chi connectivity index (χ2v) is 7.00. The van der Waals surface area contributed by atoms with Crippen LogP contribution in [0.15, 0.2) is 64.3 Å². The van der Waals surface area contributed by atoms with Gasteiger partial charge in [-0.1, -0.05) is 42.5 Å². The maximum Gasteiger partial charge on any atom is 0.257 e. The Hall–Kier alpha value is -2.86. The summed E-state index contributed by atoms with van der Waals surface area (Å²) in [6, 6.07) is 17.4. The van der Waals surface area contributed by atoms with Gasteiger partial charge in [0.2, 0.25) is 5.91 Å². The van der Waals surface area contributed by atoms with E-state index in [1.807, 2.05) is 60.9 Å². The molecule has 26 heavy (non-hydrogen) atoms. The quantitative estimate of drug-likeness (QED) is 0.697. The number of carbonyl (C=O) groups excluding carboxylic acids is 1. The number of rotatable bonds is 3. The molecule has 1 aliphatic rings. The van der Waals surface area contributed by atoms with E-state index in [1.165, 1.54) is 0 Å². The molecule has 1 amide bonds. The Kier molecular flexibility index (Phi) is 4.34. The molecule has 4 rings (SSSR count). The number of fused-ring (bicyclic) bond motifs is 1. The van der Waals surface area contributed by atoms with Crippen LogP contribution in [0.2, 0.25) is 0 Å². The third kappa shape index (κ3) is 3.04. The van der Waals surface area contributed by atoms with Crippen molar-refractivity contribution in [2.45, 2.75) is 17.2 Å². The number of benzene rings is 2. The van der Waals surface area contributed by atoms with Gasteiger partial charge in [0.05, 0.1) is 5.56 Å². The van der Waals surface area contributed by atoms with Crippen LogP contribution in [0, 0.1) is 0 Å². The molecule has 0 fully saturated rings. The van der Waals surface area contributed by atoms with Crippen molar-refractivity contribution < 1.29 is 4.79 Å². The van der Waals surface area contributed by atoms with Crippen molar-refractivity contribution in [1.29, 1.82) is 0 Å². The van der Waals surface area contributed by atoms with Crippen LogP contribution in [0.5, 0.6) is 0 Å². The summed E-state index contributed by atoms with van der Waals surface area (Å²) in [4.78, 5) is 33.6. The first-order valence-electron chi connectivity index (χ1n) is 8.29. The number of anilines is 1. The lowest BCUT2D eigenvalue weighted by atomic mass is 9.87.